The Morgan fingerprint density at radius 2 is 1.68 bits per heavy atom. The molecule has 138 valence electrons. The van der Waals surface area contributed by atoms with E-state index in [1.165, 1.54) is 12.8 Å². The highest BCUT2D eigenvalue weighted by atomic mass is 16.5. The van der Waals surface area contributed by atoms with Crippen molar-refractivity contribution < 1.29 is 9.53 Å². The summed E-state index contributed by atoms with van der Waals surface area (Å²) in [6.45, 7) is 10.4. The zero-order valence-corrected chi connectivity index (χ0v) is 15.8. The Morgan fingerprint density at radius 3 is 2.32 bits per heavy atom. The van der Waals surface area contributed by atoms with Crippen molar-refractivity contribution in [1.29, 1.82) is 0 Å². The molecule has 3 rings (SSSR count). The van der Waals surface area contributed by atoms with Crippen molar-refractivity contribution in [2.24, 2.45) is 0 Å². The van der Waals surface area contributed by atoms with Crippen molar-refractivity contribution in [2.75, 3.05) is 46.4 Å². The number of carbonyl (C=O) groups excluding carboxylic acids is 1. The number of hydrogen-bond donors (Lipinski definition) is 0. The summed E-state index contributed by atoms with van der Waals surface area (Å²) in [6.07, 6.45) is 2.64. The topological polar surface area (TPSA) is 36.0 Å². The molecule has 0 saturated carbocycles. The van der Waals surface area contributed by atoms with Gasteiger partial charge in [0.25, 0.3) is 5.91 Å². The lowest BCUT2D eigenvalue weighted by Crippen LogP contribution is -2.50. The zero-order chi connectivity index (χ0) is 17.8. The Kier molecular flexibility index (Phi) is 5.97. The molecule has 0 aromatic heterocycles. The quantitative estimate of drug-likeness (QED) is 0.821. The summed E-state index contributed by atoms with van der Waals surface area (Å²) in [7, 11) is 1.62. The van der Waals surface area contributed by atoms with Crippen LogP contribution in [-0.2, 0) is 0 Å². The highest BCUT2D eigenvalue weighted by Gasteiger charge is 2.28. The maximum absolute atomic E-state index is 12.8. The van der Waals surface area contributed by atoms with Crippen LogP contribution < -0.4 is 4.74 Å². The molecular weight excluding hydrogens is 314 g/mol. The van der Waals surface area contributed by atoms with Crippen molar-refractivity contribution >= 4 is 5.91 Å². The summed E-state index contributed by atoms with van der Waals surface area (Å²) in [5, 5.41) is 0. The Morgan fingerprint density at radius 1 is 1.04 bits per heavy atom. The van der Waals surface area contributed by atoms with Crippen LogP contribution in [0.3, 0.4) is 0 Å². The number of ether oxygens (including phenoxy) is 1. The van der Waals surface area contributed by atoms with Gasteiger partial charge in [-0.3, -0.25) is 14.6 Å². The van der Waals surface area contributed by atoms with Crippen LogP contribution in [0.25, 0.3) is 0 Å². The molecule has 2 unspecified atom stereocenters. The number of amides is 1. The van der Waals surface area contributed by atoms with Crippen LogP contribution in [0.2, 0.25) is 0 Å². The van der Waals surface area contributed by atoms with Gasteiger partial charge < -0.3 is 9.64 Å². The lowest BCUT2D eigenvalue weighted by Gasteiger charge is -2.36. The van der Waals surface area contributed by atoms with E-state index in [1.807, 2.05) is 29.2 Å². The Bertz CT molecular complexity index is 574. The number of piperazine rings is 1. The largest absolute Gasteiger partial charge is 0.496 e. The van der Waals surface area contributed by atoms with Crippen LogP contribution in [0.5, 0.6) is 5.75 Å². The van der Waals surface area contributed by atoms with E-state index < -0.39 is 0 Å². The molecule has 1 aromatic rings. The van der Waals surface area contributed by atoms with E-state index in [0.29, 0.717) is 23.4 Å². The molecule has 2 atom stereocenters. The highest BCUT2D eigenvalue weighted by molar-refractivity contribution is 5.97. The van der Waals surface area contributed by atoms with E-state index in [4.69, 9.17) is 4.74 Å². The fourth-order valence-electron chi connectivity index (χ4n) is 4.11. The standard InChI is InChI=1S/C20H31N3O2/c1-16-8-9-17(2)23(16)15-12-21-10-13-22(14-11-21)20(24)18-6-4-5-7-19(18)25-3/h4-7,16-17H,8-15H2,1-3H3. The average Bonchev–Trinajstić information content (AvgIpc) is 2.97. The molecule has 2 aliphatic rings. The predicted molar refractivity (Wildman–Crippen MR) is 100 cm³/mol. The molecule has 0 bridgehead atoms. The molecule has 0 spiro atoms. The molecule has 1 aromatic carbocycles. The maximum atomic E-state index is 12.8. The average molecular weight is 345 g/mol. The number of hydrogen-bond acceptors (Lipinski definition) is 4. The first-order valence-electron chi connectivity index (χ1n) is 9.50. The van der Waals surface area contributed by atoms with Gasteiger partial charge in [0.2, 0.25) is 0 Å². The molecule has 2 heterocycles. The molecule has 5 heteroatoms. The Balaban J connectivity index is 1.49. The minimum Gasteiger partial charge on any atom is -0.496 e. The molecule has 2 aliphatic heterocycles. The van der Waals surface area contributed by atoms with E-state index in [-0.39, 0.29) is 5.91 Å². The van der Waals surface area contributed by atoms with Crippen molar-refractivity contribution in [3.8, 4) is 5.75 Å². The number of methoxy groups -OCH3 is 1. The lowest BCUT2D eigenvalue weighted by atomic mass is 10.1. The molecule has 5 nitrogen and oxygen atoms in total. The molecule has 2 fully saturated rings. The first-order chi connectivity index (χ1) is 12.1. The van der Waals surface area contributed by atoms with Gasteiger partial charge in [-0.2, -0.15) is 0 Å². The minimum atomic E-state index is 0.0823. The van der Waals surface area contributed by atoms with E-state index in [9.17, 15) is 4.79 Å². The van der Waals surface area contributed by atoms with E-state index in [1.54, 1.807) is 7.11 Å². The second-order valence-electron chi connectivity index (χ2n) is 7.35. The van der Waals surface area contributed by atoms with Gasteiger partial charge in [-0.15, -0.1) is 0 Å². The summed E-state index contributed by atoms with van der Waals surface area (Å²) in [4.78, 5) is 19.8. The second kappa shape index (κ2) is 8.19. The third-order valence-corrected chi connectivity index (χ3v) is 5.81. The van der Waals surface area contributed by atoms with Gasteiger partial charge in [0, 0.05) is 51.4 Å². The second-order valence-corrected chi connectivity index (χ2v) is 7.35. The van der Waals surface area contributed by atoms with Gasteiger partial charge in [-0.05, 0) is 38.8 Å². The number of rotatable bonds is 5. The van der Waals surface area contributed by atoms with Crippen molar-refractivity contribution in [2.45, 2.75) is 38.8 Å². The van der Waals surface area contributed by atoms with Gasteiger partial charge in [-0.1, -0.05) is 12.1 Å². The van der Waals surface area contributed by atoms with Crippen LogP contribution in [0.4, 0.5) is 0 Å². The van der Waals surface area contributed by atoms with Crippen LogP contribution in [0.15, 0.2) is 24.3 Å². The summed E-state index contributed by atoms with van der Waals surface area (Å²) in [5.41, 5.74) is 0.665. The first-order valence-corrected chi connectivity index (χ1v) is 9.50. The minimum absolute atomic E-state index is 0.0823. The third-order valence-electron chi connectivity index (χ3n) is 5.81. The molecular formula is C20H31N3O2. The van der Waals surface area contributed by atoms with Crippen molar-refractivity contribution in [3.05, 3.63) is 29.8 Å². The predicted octanol–water partition coefficient (Wildman–Crippen LogP) is 2.33. The molecule has 0 aliphatic carbocycles. The molecule has 0 radical (unpaired) electrons. The van der Waals surface area contributed by atoms with E-state index >= 15 is 0 Å². The van der Waals surface area contributed by atoms with Crippen LogP contribution >= 0.6 is 0 Å². The van der Waals surface area contributed by atoms with Crippen LogP contribution in [0, 0.1) is 0 Å². The van der Waals surface area contributed by atoms with Crippen LogP contribution in [-0.4, -0.2) is 79.1 Å². The fourth-order valence-corrected chi connectivity index (χ4v) is 4.11. The van der Waals surface area contributed by atoms with Crippen molar-refractivity contribution in [3.63, 3.8) is 0 Å². The van der Waals surface area contributed by atoms with Gasteiger partial charge >= 0.3 is 0 Å². The summed E-state index contributed by atoms with van der Waals surface area (Å²) < 4.78 is 5.33. The van der Waals surface area contributed by atoms with E-state index in [0.717, 1.165) is 39.3 Å². The first kappa shape index (κ1) is 18.2. The zero-order valence-electron chi connectivity index (χ0n) is 15.8. The third kappa shape index (κ3) is 4.15. The number of carbonyl (C=O) groups is 1. The van der Waals surface area contributed by atoms with Gasteiger partial charge in [-0.25, -0.2) is 0 Å². The number of likely N-dealkylation sites (tertiary alicyclic amines) is 1. The monoisotopic (exact) mass is 345 g/mol. The van der Waals surface area contributed by atoms with E-state index in [2.05, 4.69) is 23.6 Å². The van der Waals surface area contributed by atoms with Gasteiger partial charge in [0.15, 0.2) is 0 Å². The number of benzene rings is 1. The summed E-state index contributed by atoms with van der Waals surface area (Å²) in [5.74, 6) is 0.742. The molecule has 1 amide bonds. The summed E-state index contributed by atoms with van der Waals surface area (Å²) >= 11 is 0. The molecule has 2 saturated heterocycles. The number of nitrogens with zero attached hydrogens (tertiary/aromatic N) is 3. The van der Waals surface area contributed by atoms with Gasteiger partial charge in [0.1, 0.15) is 5.75 Å². The Labute approximate surface area is 151 Å². The Hall–Kier alpha value is -1.59. The fraction of sp³-hybridized carbons (Fsp3) is 0.650. The maximum Gasteiger partial charge on any atom is 0.257 e. The van der Waals surface area contributed by atoms with Crippen molar-refractivity contribution in [1.82, 2.24) is 14.7 Å². The van der Waals surface area contributed by atoms with Gasteiger partial charge in [0.05, 0.1) is 12.7 Å². The van der Waals surface area contributed by atoms with Crippen LogP contribution in [0.1, 0.15) is 37.0 Å². The normalized spacial score (nSPS) is 25.3. The highest BCUT2D eigenvalue weighted by Crippen LogP contribution is 2.23. The SMILES string of the molecule is COc1ccccc1C(=O)N1CCN(CCN2C(C)CCC2C)CC1. The summed E-state index contributed by atoms with van der Waals surface area (Å²) in [6, 6.07) is 8.91. The smallest absolute Gasteiger partial charge is 0.257 e. The lowest BCUT2D eigenvalue weighted by molar-refractivity contribution is 0.0611. The number of para-hydroxylation sites is 1. The molecule has 0 N–H and O–H groups in total. The molecule has 25 heavy (non-hydrogen) atoms.